The van der Waals surface area contributed by atoms with E-state index in [1.807, 2.05) is 6.92 Å². The van der Waals surface area contributed by atoms with E-state index >= 15 is 0 Å². The van der Waals surface area contributed by atoms with Crippen molar-refractivity contribution >= 4 is 0 Å². The van der Waals surface area contributed by atoms with Gasteiger partial charge in [0, 0.05) is 0 Å². The fraction of sp³-hybridized carbons (Fsp3) is 0.500. The lowest BCUT2D eigenvalue weighted by Crippen LogP contribution is -2.11. The van der Waals surface area contributed by atoms with Crippen LogP contribution in [0.5, 0.6) is 5.75 Å². The molecular formula is C12H15FO. The largest absolute Gasteiger partial charge is 0.487 e. The van der Waals surface area contributed by atoms with Gasteiger partial charge in [0.15, 0.2) is 11.6 Å². The second-order valence-electron chi connectivity index (χ2n) is 3.96. The van der Waals surface area contributed by atoms with Crippen molar-refractivity contribution < 1.29 is 9.13 Å². The molecular weight excluding hydrogens is 179 g/mol. The van der Waals surface area contributed by atoms with Gasteiger partial charge in [0.25, 0.3) is 0 Å². The molecule has 14 heavy (non-hydrogen) atoms. The highest BCUT2D eigenvalue weighted by Gasteiger charge is 2.17. The Morgan fingerprint density at radius 2 is 2.00 bits per heavy atom. The summed E-state index contributed by atoms with van der Waals surface area (Å²) in [5.41, 5.74) is 1.04. The Morgan fingerprint density at radius 3 is 2.71 bits per heavy atom. The van der Waals surface area contributed by atoms with E-state index in [9.17, 15) is 4.39 Å². The van der Waals surface area contributed by atoms with Crippen LogP contribution in [0.1, 0.15) is 31.2 Å². The third-order valence-corrected chi connectivity index (χ3v) is 2.68. The third kappa shape index (κ3) is 2.06. The number of ether oxygens (including phenoxy) is 1. The summed E-state index contributed by atoms with van der Waals surface area (Å²) in [6.45, 7) is 1.95. The summed E-state index contributed by atoms with van der Waals surface area (Å²) in [7, 11) is 0. The zero-order valence-electron chi connectivity index (χ0n) is 8.42. The van der Waals surface area contributed by atoms with Gasteiger partial charge in [-0.2, -0.15) is 0 Å². The molecule has 1 saturated carbocycles. The smallest absolute Gasteiger partial charge is 0.165 e. The molecule has 2 rings (SSSR count). The zero-order chi connectivity index (χ0) is 9.97. The Hall–Kier alpha value is -1.05. The molecule has 1 aliphatic rings. The van der Waals surface area contributed by atoms with Crippen molar-refractivity contribution in [1.82, 2.24) is 0 Å². The maximum absolute atomic E-state index is 13.3. The molecule has 1 aromatic rings. The molecule has 0 amide bonds. The van der Waals surface area contributed by atoms with Crippen LogP contribution in [0.25, 0.3) is 0 Å². The first-order chi connectivity index (χ1) is 6.75. The van der Waals surface area contributed by atoms with Crippen LogP contribution in [0.2, 0.25) is 0 Å². The summed E-state index contributed by atoms with van der Waals surface area (Å²) < 4.78 is 18.9. The van der Waals surface area contributed by atoms with E-state index in [-0.39, 0.29) is 11.9 Å². The van der Waals surface area contributed by atoms with Gasteiger partial charge in [-0.1, -0.05) is 6.07 Å². The van der Waals surface area contributed by atoms with Crippen molar-refractivity contribution in [3.05, 3.63) is 29.6 Å². The van der Waals surface area contributed by atoms with Crippen LogP contribution in [0.3, 0.4) is 0 Å². The molecule has 0 aromatic heterocycles. The van der Waals surface area contributed by atoms with Crippen molar-refractivity contribution in [3.8, 4) is 5.75 Å². The van der Waals surface area contributed by atoms with Crippen molar-refractivity contribution in [2.45, 2.75) is 38.7 Å². The Bertz CT molecular complexity index is 316. The Balaban J connectivity index is 2.10. The minimum Gasteiger partial charge on any atom is -0.487 e. The molecule has 0 spiro atoms. The molecule has 0 heterocycles. The van der Waals surface area contributed by atoms with Crippen LogP contribution in [-0.4, -0.2) is 6.10 Å². The lowest BCUT2D eigenvalue weighted by Gasteiger charge is -2.13. The van der Waals surface area contributed by atoms with Gasteiger partial charge < -0.3 is 4.74 Å². The third-order valence-electron chi connectivity index (χ3n) is 2.68. The van der Waals surface area contributed by atoms with Crippen LogP contribution in [0.15, 0.2) is 18.2 Å². The van der Waals surface area contributed by atoms with Crippen molar-refractivity contribution in [1.29, 1.82) is 0 Å². The lowest BCUT2D eigenvalue weighted by molar-refractivity contribution is 0.200. The van der Waals surface area contributed by atoms with Crippen molar-refractivity contribution in [2.75, 3.05) is 0 Å². The highest BCUT2D eigenvalue weighted by Crippen LogP contribution is 2.26. The Morgan fingerprint density at radius 1 is 1.29 bits per heavy atom. The highest BCUT2D eigenvalue weighted by atomic mass is 19.1. The second kappa shape index (κ2) is 3.99. The average molecular weight is 194 g/mol. The first-order valence-corrected chi connectivity index (χ1v) is 5.18. The molecule has 0 N–H and O–H groups in total. The molecule has 2 heteroatoms. The van der Waals surface area contributed by atoms with Gasteiger partial charge in [-0.3, -0.25) is 0 Å². The van der Waals surface area contributed by atoms with Gasteiger partial charge in [0.1, 0.15) is 0 Å². The normalized spacial score (nSPS) is 17.3. The first-order valence-electron chi connectivity index (χ1n) is 5.18. The van der Waals surface area contributed by atoms with Crippen molar-refractivity contribution in [2.24, 2.45) is 0 Å². The topological polar surface area (TPSA) is 9.23 Å². The molecule has 1 aromatic carbocycles. The summed E-state index contributed by atoms with van der Waals surface area (Å²) in [4.78, 5) is 0. The SMILES string of the molecule is Cc1ccc(F)c(OC2CCCC2)c1. The van der Waals surface area contributed by atoms with Gasteiger partial charge >= 0.3 is 0 Å². The summed E-state index contributed by atoms with van der Waals surface area (Å²) in [6, 6.07) is 5.00. The number of aryl methyl sites for hydroxylation is 1. The summed E-state index contributed by atoms with van der Waals surface area (Å²) >= 11 is 0. The maximum Gasteiger partial charge on any atom is 0.165 e. The minimum atomic E-state index is -0.248. The van der Waals surface area contributed by atoms with E-state index in [2.05, 4.69) is 0 Å². The standard InChI is InChI=1S/C12H15FO/c1-9-6-7-11(13)12(8-9)14-10-4-2-3-5-10/h6-8,10H,2-5H2,1H3. The molecule has 0 atom stereocenters. The summed E-state index contributed by atoms with van der Waals surface area (Å²) in [5.74, 6) is 0.166. The predicted octanol–water partition coefficient (Wildman–Crippen LogP) is 3.46. The quantitative estimate of drug-likeness (QED) is 0.700. The number of rotatable bonds is 2. The average Bonchev–Trinajstić information content (AvgIpc) is 2.64. The van der Waals surface area contributed by atoms with Gasteiger partial charge in [-0.05, 0) is 50.3 Å². The van der Waals surface area contributed by atoms with E-state index in [4.69, 9.17) is 4.74 Å². The monoisotopic (exact) mass is 194 g/mol. The number of hydrogen-bond donors (Lipinski definition) is 0. The number of halogens is 1. The molecule has 0 aliphatic heterocycles. The molecule has 0 bridgehead atoms. The van der Waals surface area contributed by atoms with E-state index in [1.54, 1.807) is 12.1 Å². The van der Waals surface area contributed by atoms with E-state index in [0.29, 0.717) is 5.75 Å². The van der Waals surface area contributed by atoms with Crippen molar-refractivity contribution in [3.63, 3.8) is 0 Å². The van der Waals surface area contributed by atoms with Gasteiger partial charge in [-0.25, -0.2) is 4.39 Å². The van der Waals surface area contributed by atoms with E-state index in [0.717, 1.165) is 18.4 Å². The fourth-order valence-electron chi connectivity index (χ4n) is 1.89. The van der Waals surface area contributed by atoms with Crippen LogP contribution in [0.4, 0.5) is 4.39 Å². The highest BCUT2D eigenvalue weighted by molar-refractivity contribution is 5.29. The first kappa shape index (κ1) is 9.50. The van der Waals surface area contributed by atoms with Gasteiger partial charge in [0.2, 0.25) is 0 Å². The maximum atomic E-state index is 13.3. The van der Waals surface area contributed by atoms with Crippen LogP contribution in [-0.2, 0) is 0 Å². The summed E-state index contributed by atoms with van der Waals surface area (Å²) in [6.07, 6.45) is 4.77. The molecule has 76 valence electrons. The Labute approximate surface area is 83.9 Å². The lowest BCUT2D eigenvalue weighted by atomic mass is 10.2. The zero-order valence-corrected chi connectivity index (χ0v) is 8.42. The number of benzene rings is 1. The minimum absolute atomic E-state index is 0.228. The predicted molar refractivity (Wildman–Crippen MR) is 54.0 cm³/mol. The molecule has 1 aliphatic carbocycles. The molecule has 1 nitrogen and oxygen atoms in total. The molecule has 1 fully saturated rings. The number of hydrogen-bond acceptors (Lipinski definition) is 1. The fourth-order valence-corrected chi connectivity index (χ4v) is 1.89. The van der Waals surface area contributed by atoms with E-state index in [1.165, 1.54) is 18.9 Å². The second-order valence-corrected chi connectivity index (χ2v) is 3.96. The van der Waals surface area contributed by atoms with Gasteiger partial charge in [-0.15, -0.1) is 0 Å². The Kier molecular flexibility index (Phi) is 2.71. The molecule has 0 radical (unpaired) electrons. The van der Waals surface area contributed by atoms with Crippen LogP contribution >= 0.6 is 0 Å². The van der Waals surface area contributed by atoms with Crippen LogP contribution in [0, 0.1) is 12.7 Å². The molecule has 0 saturated heterocycles. The summed E-state index contributed by atoms with van der Waals surface area (Å²) in [5, 5.41) is 0. The van der Waals surface area contributed by atoms with Gasteiger partial charge in [0.05, 0.1) is 6.10 Å². The molecule has 0 unspecified atom stereocenters. The van der Waals surface area contributed by atoms with E-state index < -0.39 is 0 Å². The van der Waals surface area contributed by atoms with Crippen LogP contribution < -0.4 is 4.74 Å².